The zero-order chi connectivity index (χ0) is 19.0. The summed E-state index contributed by atoms with van der Waals surface area (Å²) in [4.78, 5) is 30.5. The van der Waals surface area contributed by atoms with Gasteiger partial charge in [0.2, 0.25) is 5.91 Å². The van der Waals surface area contributed by atoms with Crippen molar-refractivity contribution in [2.45, 2.75) is 6.92 Å². The van der Waals surface area contributed by atoms with E-state index in [4.69, 9.17) is 11.6 Å². The van der Waals surface area contributed by atoms with Gasteiger partial charge in [0, 0.05) is 28.6 Å². The number of hydrogen-bond acceptors (Lipinski definition) is 4. The van der Waals surface area contributed by atoms with Gasteiger partial charge in [-0.15, -0.1) is 11.3 Å². The number of para-hydroxylation sites is 1. The van der Waals surface area contributed by atoms with E-state index in [2.05, 4.69) is 10.3 Å². The summed E-state index contributed by atoms with van der Waals surface area (Å²) in [5.41, 5.74) is 3.45. The Hall–Kier alpha value is -2.96. The van der Waals surface area contributed by atoms with Crippen LogP contribution in [0, 0.1) is 0 Å². The van der Waals surface area contributed by atoms with Crippen LogP contribution in [0.15, 0.2) is 53.9 Å². The lowest BCUT2D eigenvalue weighted by Gasteiger charge is -2.18. The SMILES string of the molecule is CC(=O)N(c1cccc(Cl)c1)c1nc(/C=C2/C(=O)Nc3ccccc32)cs1. The molecule has 4 rings (SSSR count). The monoisotopic (exact) mass is 395 g/mol. The zero-order valence-electron chi connectivity index (χ0n) is 14.3. The molecule has 5 nitrogen and oxygen atoms in total. The molecule has 0 fully saturated rings. The molecule has 3 aromatic rings. The third kappa shape index (κ3) is 3.37. The van der Waals surface area contributed by atoms with Gasteiger partial charge < -0.3 is 5.32 Å². The molecule has 2 amide bonds. The topological polar surface area (TPSA) is 62.3 Å². The number of carbonyl (C=O) groups excluding carboxylic acids is 2. The number of hydrogen-bond donors (Lipinski definition) is 1. The summed E-state index contributed by atoms with van der Waals surface area (Å²) in [6.45, 7) is 1.47. The molecule has 0 aliphatic carbocycles. The van der Waals surface area contributed by atoms with Crippen LogP contribution in [0.1, 0.15) is 18.2 Å². The molecule has 1 N–H and O–H groups in total. The number of benzene rings is 2. The number of carbonyl (C=O) groups is 2. The molecule has 0 saturated carbocycles. The molecule has 0 atom stereocenters. The second-order valence-corrected chi connectivity index (χ2v) is 7.22. The Morgan fingerprint density at radius 3 is 2.81 bits per heavy atom. The minimum Gasteiger partial charge on any atom is -0.321 e. The van der Waals surface area contributed by atoms with Gasteiger partial charge in [-0.3, -0.25) is 14.5 Å². The molecule has 0 bridgehead atoms. The minimum atomic E-state index is -0.172. The van der Waals surface area contributed by atoms with Crippen molar-refractivity contribution in [2.24, 2.45) is 0 Å². The summed E-state index contributed by atoms with van der Waals surface area (Å²) < 4.78 is 0. The highest BCUT2D eigenvalue weighted by Gasteiger charge is 2.24. The zero-order valence-corrected chi connectivity index (χ0v) is 15.8. The van der Waals surface area contributed by atoms with E-state index in [0.717, 1.165) is 11.3 Å². The van der Waals surface area contributed by atoms with E-state index < -0.39 is 0 Å². The first-order chi connectivity index (χ1) is 13.0. The van der Waals surface area contributed by atoms with Crippen LogP contribution in [0.3, 0.4) is 0 Å². The van der Waals surface area contributed by atoms with Crippen LogP contribution in [0.25, 0.3) is 11.6 Å². The van der Waals surface area contributed by atoms with Gasteiger partial charge >= 0.3 is 0 Å². The number of amides is 2. The van der Waals surface area contributed by atoms with Crippen molar-refractivity contribution in [3.63, 3.8) is 0 Å². The van der Waals surface area contributed by atoms with Crippen molar-refractivity contribution in [3.8, 4) is 0 Å². The molecule has 1 aromatic heterocycles. The summed E-state index contributed by atoms with van der Waals surface area (Å²) >= 11 is 7.38. The average Bonchev–Trinajstić information content (AvgIpc) is 3.20. The summed E-state index contributed by atoms with van der Waals surface area (Å²) in [5.74, 6) is -0.334. The lowest BCUT2D eigenvalue weighted by Crippen LogP contribution is -2.22. The van der Waals surface area contributed by atoms with Gasteiger partial charge in [0.05, 0.1) is 17.0 Å². The van der Waals surface area contributed by atoms with Crippen LogP contribution in [-0.4, -0.2) is 16.8 Å². The second kappa shape index (κ2) is 6.98. The van der Waals surface area contributed by atoms with Crippen molar-refractivity contribution in [1.82, 2.24) is 4.98 Å². The molecule has 0 spiro atoms. The highest BCUT2D eigenvalue weighted by Crippen LogP contribution is 2.35. The van der Waals surface area contributed by atoms with Crippen molar-refractivity contribution in [3.05, 3.63) is 70.2 Å². The van der Waals surface area contributed by atoms with E-state index in [0.29, 0.717) is 27.1 Å². The van der Waals surface area contributed by atoms with E-state index in [-0.39, 0.29) is 11.8 Å². The minimum absolute atomic E-state index is 0.163. The standard InChI is InChI=1S/C20H14ClN3O2S/c1-12(25)24(15-6-4-5-13(21)9-15)20-22-14(11-27-20)10-17-16-7-2-3-8-18(16)23-19(17)26/h2-11H,1H3,(H,23,26)/b17-10+. The van der Waals surface area contributed by atoms with E-state index in [1.165, 1.54) is 23.2 Å². The fourth-order valence-electron chi connectivity index (χ4n) is 2.92. The smallest absolute Gasteiger partial charge is 0.256 e. The van der Waals surface area contributed by atoms with Crippen LogP contribution in [0.2, 0.25) is 5.02 Å². The Morgan fingerprint density at radius 2 is 2.04 bits per heavy atom. The van der Waals surface area contributed by atoms with Gasteiger partial charge in [0.25, 0.3) is 5.91 Å². The van der Waals surface area contributed by atoms with Crippen molar-refractivity contribution >= 4 is 62.9 Å². The largest absolute Gasteiger partial charge is 0.321 e. The Bertz CT molecular complexity index is 1090. The van der Waals surface area contributed by atoms with Gasteiger partial charge in [0.1, 0.15) is 0 Å². The molecular weight excluding hydrogens is 382 g/mol. The third-order valence-electron chi connectivity index (χ3n) is 4.08. The molecule has 1 aliphatic rings. The average molecular weight is 396 g/mol. The van der Waals surface area contributed by atoms with Gasteiger partial charge in [-0.2, -0.15) is 0 Å². The predicted molar refractivity (Wildman–Crippen MR) is 109 cm³/mol. The van der Waals surface area contributed by atoms with Crippen LogP contribution < -0.4 is 10.2 Å². The quantitative estimate of drug-likeness (QED) is 0.636. The lowest BCUT2D eigenvalue weighted by atomic mass is 10.1. The predicted octanol–water partition coefficient (Wildman–Crippen LogP) is 4.97. The third-order valence-corrected chi connectivity index (χ3v) is 5.16. The van der Waals surface area contributed by atoms with Crippen molar-refractivity contribution in [2.75, 3.05) is 10.2 Å². The molecular formula is C20H14ClN3O2S. The summed E-state index contributed by atoms with van der Waals surface area (Å²) in [7, 11) is 0. The molecule has 0 radical (unpaired) electrons. The maximum Gasteiger partial charge on any atom is 0.256 e. The molecule has 0 unspecified atom stereocenters. The summed E-state index contributed by atoms with van der Waals surface area (Å²) in [5, 5.41) is 5.71. The molecule has 2 heterocycles. The molecule has 7 heteroatoms. The molecule has 2 aromatic carbocycles. The maximum atomic E-state index is 12.3. The van der Waals surface area contributed by atoms with E-state index in [1.807, 2.05) is 29.6 Å². The number of thiazole rings is 1. The molecule has 1 aliphatic heterocycles. The van der Waals surface area contributed by atoms with E-state index in [9.17, 15) is 9.59 Å². The highest BCUT2D eigenvalue weighted by molar-refractivity contribution is 7.14. The van der Waals surface area contributed by atoms with E-state index in [1.54, 1.807) is 30.3 Å². The number of rotatable bonds is 3. The summed E-state index contributed by atoms with van der Waals surface area (Å²) in [6, 6.07) is 14.5. The van der Waals surface area contributed by atoms with Crippen molar-refractivity contribution in [1.29, 1.82) is 0 Å². The fraction of sp³-hybridized carbons (Fsp3) is 0.0500. The number of aromatic nitrogens is 1. The Morgan fingerprint density at radius 1 is 1.22 bits per heavy atom. The normalized spacial score (nSPS) is 14.1. The van der Waals surface area contributed by atoms with Gasteiger partial charge in [0.15, 0.2) is 5.13 Å². The molecule has 134 valence electrons. The Balaban J connectivity index is 1.71. The number of nitrogens with one attached hydrogen (secondary N) is 1. The van der Waals surface area contributed by atoms with Crippen LogP contribution in [-0.2, 0) is 9.59 Å². The van der Waals surface area contributed by atoms with Gasteiger partial charge in [-0.1, -0.05) is 35.9 Å². The first-order valence-corrected chi connectivity index (χ1v) is 9.43. The Kier molecular flexibility index (Phi) is 4.51. The highest BCUT2D eigenvalue weighted by atomic mass is 35.5. The van der Waals surface area contributed by atoms with Gasteiger partial charge in [-0.25, -0.2) is 4.98 Å². The van der Waals surface area contributed by atoms with Crippen molar-refractivity contribution < 1.29 is 9.59 Å². The second-order valence-electron chi connectivity index (χ2n) is 5.95. The molecule has 0 saturated heterocycles. The van der Waals surface area contributed by atoms with Crippen LogP contribution in [0.4, 0.5) is 16.5 Å². The lowest BCUT2D eigenvalue weighted by molar-refractivity contribution is -0.116. The van der Waals surface area contributed by atoms with E-state index >= 15 is 0 Å². The number of fused-ring (bicyclic) bond motifs is 1. The Labute approximate surface area is 164 Å². The van der Waals surface area contributed by atoms with Gasteiger partial charge in [-0.05, 0) is 30.3 Å². The van der Waals surface area contributed by atoms with Crippen LogP contribution >= 0.6 is 22.9 Å². The summed E-state index contributed by atoms with van der Waals surface area (Å²) in [6.07, 6.45) is 1.73. The number of halogens is 1. The van der Waals surface area contributed by atoms with Crippen LogP contribution in [0.5, 0.6) is 0 Å². The first-order valence-electron chi connectivity index (χ1n) is 8.17. The fourth-order valence-corrected chi connectivity index (χ4v) is 3.95. The first kappa shape index (κ1) is 17.5. The maximum absolute atomic E-state index is 12.3. The number of anilines is 3. The molecule has 27 heavy (non-hydrogen) atoms. The number of nitrogens with zero attached hydrogens (tertiary/aromatic N) is 2.